The normalized spacial score (nSPS) is 18.6. The molecular weight excluding hydrogens is 578 g/mol. The molecule has 0 radical (unpaired) electrons. The number of thioether (sulfide) groups is 1. The molecule has 0 saturated carbocycles. The van der Waals surface area contributed by atoms with Crippen LogP contribution in [0.1, 0.15) is 41.1 Å². The van der Waals surface area contributed by atoms with Crippen molar-refractivity contribution < 1.29 is 28.9 Å². The van der Waals surface area contributed by atoms with Crippen LogP contribution in [0.15, 0.2) is 108 Å². The van der Waals surface area contributed by atoms with Gasteiger partial charge in [-0.1, -0.05) is 72.8 Å². The highest BCUT2D eigenvalue weighted by molar-refractivity contribution is 7.99. The molecule has 3 aromatic carbocycles. The van der Waals surface area contributed by atoms with Crippen molar-refractivity contribution in [3.63, 3.8) is 0 Å². The zero-order chi connectivity index (χ0) is 30.7. The number of aromatic nitrogens is 1. The largest absolute Gasteiger partial charge is 0.467 e. The van der Waals surface area contributed by atoms with Crippen LogP contribution in [0, 0.1) is 0 Å². The Morgan fingerprint density at radius 3 is 2.34 bits per heavy atom. The van der Waals surface area contributed by atoms with E-state index in [2.05, 4.69) is 15.6 Å². The number of hydrogen-bond acceptors (Lipinski definition) is 8. The third-order valence-corrected chi connectivity index (χ3v) is 8.26. The van der Waals surface area contributed by atoms with E-state index in [9.17, 15) is 14.7 Å². The number of urea groups is 1. The Morgan fingerprint density at radius 2 is 1.66 bits per heavy atom. The van der Waals surface area contributed by atoms with E-state index in [4.69, 9.17) is 14.2 Å². The minimum absolute atomic E-state index is 0.0182. The molecule has 0 aliphatic carbocycles. The van der Waals surface area contributed by atoms with E-state index < -0.39 is 24.3 Å². The number of rotatable bonds is 11. The number of anilines is 1. The first-order chi connectivity index (χ1) is 21.5. The molecule has 1 aliphatic rings. The maximum atomic E-state index is 12.8. The molecule has 228 valence electrons. The Morgan fingerprint density at radius 1 is 0.932 bits per heavy atom. The number of nitrogens with zero attached hydrogens (tertiary/aromatic N) is 1. The number of amides is 2. The van der Waals surface area contributed by atoms with Crippen molar-refractivity contribution in [1.82, 2.24) is 10.3 Å². The summed E-state index contributed by atoms with van der Waals surface area (Å²) in [5.41, 5.74) is 4.10. The maximum Gasteiger partial charge on any atom is 0.328 e. The van der Waals surface area contributed by atoms with E-state index in [1.165, 1.54) is 7.11 Å². The number of hydrogen-bond donors (Lipinski definition) is 3. The number of nitrogens with one attached hydrogen (secondary N) is 2. The molecule has 1 fully saturated rings. The van der Waals surface area contributed by atoms with E-state index in [1.54, 1.807) is 30.1 Å². The van der Waals surface area contributed by atoms with E-state index in [1.807, 2.05) is 84.9 Å². The Bertz CT molecular complexity index is 1490. The lowest BCUT2D eigenvalue weighted by Crippen LogP contribution is -2.45. The van der Waals surface area contributed by atoms with E-state index >= 15 is 0 Å². The molecule has 4 aromatic rings. The molecule has 4 atom stereocenters. The van der Waals surface area contributed by atoms with Crippen molar-refractivity contribution in [2.75, 3.05) is 18.2 Å². The molecule has 1 aromatic heterocycles. The maximum absolute atomic E-state index is 12.8. The third kappa shape index (κ3) is 8.67. The number of ether oxygens (including phenoxy) is 3. The molecule has 1 saturated heterocycles. The molecule has 9 nitrogen and oxygen atoms in total. The summed E-state index contributed by atoms with van der Waals surface area (Å²) < 4.78 is 17.7. The predicted molar refractivity (Wildman–Crippen MR) is 168 cm³/mol. The summed E-state index contributed by atoms with van der Waals surface area (Å²) >= 11 is 1.63. The van der Waals surface area contributed by atoms with E-state index in [0.29, 0.717) is 24.3 Å². The fourth-order valence-electron chi connectivity index (χ4n) is 4.87. The highest BCUT2D eigenvalue weighted by Gasteiger charge is 2.32. The lowest BCUT2D eigenvalue weighted by molar-refractivity contribution is -0.245. The molecule has 2 heterocycles. The van der Waals surface area contributed by atoms with Gasteiger partial charge in [0.25, 0.3) is 0 Å². The lowest BCUT2D eigenvalue weighted by atomic mass is 10.0. The highest BCUT2D eigenvalue weighted by atomic mass is 32.2. The molecule has 5 rings (SSSR count). The third-order valence-electron chi connectivity index (χ3n) is 7.18. The van der Waals surface area contributed by atoms with Crippen LogP contribution in [0.25, 0.3) is 0 Å². The van der Waals surface area contributed by atoms with Crippen LogP contribution in [-0.2, 0) is 32.0 Å². The summed E-state index contributed by atoms with van der Waals surface area (Å²) in [6.45, 7) is -0.0182. The van der Waals surface area contributed by atoms with E-state index in [0.717, 1.165) is 27.3 Å². The first-order valence-corrected chi connectivity index (χ1v) is 15.3. The number of benzene rings is 3. The van der Waals surface area contributed by atoms with Crippen LogP contribution in [0.4, 0.5) is 10.5 Å². The van der Waals surface area contributed by atoms with Crippen molar-refractivity contribution in [3.8, 4) is 0 Å². The van der Waals surface area contributed by atoms with Crippen LogP contribution in [-0.4, -0.2) is 47.1 Å². The van der Waals surface area contributed by atoms with Crippen LogP contribution in [0.2, 0.25) is 0 Å². The topological polar surface area (TPSA) is 119 Å². The Balaban J connectivity index is 1.25. The average Bonchev–Trinajstić information content (AvgIpc) is 3.08. The number of carbonyl (C=O) groups is 2. The number of methoxy groups -OCH3 is 1. The second-order valence-corrected chi connectivity index (χ2v) is 11.4. The van der Waals surface area contributed by atoms with Gasteiger partial charge in [-0.25, -0.2) is 14.6 Å². The van der Waals surface area contributed by atoms with Crippen LogP contribution < -0.4 is 10.6 Å². The monoisotopic (exact) mass is 613 g/mol. The summed E-state index contributed by atoms with van der Waals surface area (Å²) in [5.74, 6) is 0.175. The van der Waals surface area contributed by atoms with Gasteiger partial charge in [0.15, 0.2) is 6.29 Å². The first kappa shape index (κ1) is 31.2. The Labute approximate surface area is 261 Å². The summed E-state index contributed by atoms with van der Waals surface area (Å²) in [6, 6.07) is 28.9. The van der Waals surface area contributed by atoms with E-state index in [-0.39, 0.29) is 18.8 Å². The van der Waals surface area contributed by atoms with Gasteiger partial charge in [-0.2, -0.15) is 0 Å². The molecule has 10 heteroatoms. The average molecular weight is 614 g/mol. The number of pyridine rings is 1. The number of carbonyl (C=O) groups excluding carboxylic acids is 2. The zero-order valence-electron chi connectivity index (χ0n) is 24.3. The zero-order valence-corrected chi connectivity index (χ0v) is 25.1. The summed E-state index contributed by atoms with van der Waals surface area (Å²) in [5, 5.41) is 15.9. The van der Waals surface area contributed by atoms with Crippen LogP contribution in [0.3, 0.4) is 0 Å². The van der Waals surface area contributed by atoms with Crippen molar-refractivity contribution in [2.24, 2.45) is 0 Å². The van der Waals surface area contributed by atoms with Gasteiger partial charge in [0, 0.05) is 36.0 Å². The summed E-state index contributed by atoms with van der Waals surface area (Å²) in [7, 11) is 1.30. The quantitative estimate of drug-likeness (QED) is 0.143. The van der Waals surface area contributed by atoms with Crippen molar-refractivity contribution in [3.05, 3.63) is 126 Å². The van der Waals surface area contributed by atoms with Crippen LogP contribution in [0.5, 0.6) is 0 Å². The highest BCUT2D eigenvalue weighted by Crippen LogP contribution is 2.39. The van der Waals surface area contributed by atoms with Crippen LogP contribution >= 0.6 is 11.8 Å². The fraction of sp³-hybridized carbons (Fsp3) is 0.265. The molecule has 2 amide bonds. The lowest BCUT2D eigenvalue weighted by Gasteiger charge is -2.36. The Kier molecular flexibility index (Phi) is 11.0. The molecular formula is C34H35N3O6S. The van der Waals surface area contributed by atoms with Gasteiger partial charge >= 0.3 is 12.0 Å². The van der Waals surface area contributed by atoms with Gasteiger partial charge < -0.3 is 30.0 Å². The van der Waals surface area contributed by atoms with Gasteiger partial charge in [0.2, 0.25) is 0 Å². The predicted octanol–water partition coefficient (Wildman–Crippen LogP) is 5.82. The molecule has 44 heavy (non-hydrogen) atoms. The van der Waals surface area contributed by atoms with Crippen molar-refractivity contribution in [2.45, 2.75) is 49.0 Å². The summed E-state index contributed by atoms with van der Waals surface area (Å²) in [4.78, 5) is 29.5. The molecule has 0 spiro atoms. The molecule has 0 unspecified atom stereocenters. The molecule has 1 aliphatic heterocycles. The molecule has 3 N–H and O–H groups in total. The number of aliphatic hydroxyl groups excluding tert-OH is 1. The Hall–Kier alpha value is -4.22. The fourth-order valence-corrected chi connectivity index (χ4v) is 5.75. The van der Waals surface area contributed by atoms with Gasteiger partial charge in [-0.05, 0) is 41.0 Å². The molecule has 0 bridgehead atoms. The van der Waals surface area contributed by atoms with Gasteiger partial charge in [0.05, 0.1) is 31.0 Å². The first-order valence-electron chi connectivity index (χ1n) is 14.3. The minimum Gasteiger partial charge on any atom is -0.467 e. The smallest absolute Gasteiger partial charge is 0.328 e. The second kappa shape index (κ2) is 15.5. The second-order valence-electron chi connectivity index (χ2n) is 10.3. The standard InChI is InChI=1S/C34H35N3O6S/c1-41-32(39)29(19-23-7-3-2-4-8-23)37-34(40)36-27-16-14-26(15-17-27)33-42-28(22-44-31-9-5-6-18-35-31)20-30(43-33)25-12-10-24(21-38)11-13-25/h2-18,28-30,33,38H,19-22H2,1H3,(H2,36,37,40)/t28-,29-,30+,33+/m0/s1. The van der Waals surface area contributed by atoms with Gasteiger partial charge in [-0.3, -0.25) is 0 Å². The van der Waals surface area contributed by atoms with Gasteiger partial charge in [0.1, 0.15) is 6.04 Å². The number of aliphatic hydroxyl groups is 1. The SMILES string of the molecule is COC(=O)[C@H](Cc1ccccc1)NC(=O)Nc1ccc([C@@H]2O[C@H](CSc3ccccn3)C[C@H](c3ccc(CO)cc3)O2)cc1. The van der Waals surface area contributed by atoms with Gasteiger partial charge in [-0.15, -0.1) is 11.8 Å². The van der Waals surface area contributed by atoms with Crippen molar-refractivity contribution in [1.29, 1.82) is 0 Å². The van der Waals surface area contributed by atoms with Crippen molar-refractivity contribution >= 4 is 29.4 Å². The number of esters is 1. The minimum atomic E-state index is -0.838. The summed E-state index contributed by atoms with van der Waals surface area (Å²) in [6.07, 6.45) is 1.80.